The van der Waals surface area contributed by atoms with Crippen LogP contribution in [0.25, 0.3) is 11.3 Å². The van der Waals surface area contributed by atoms with Gasteiger partial charge in [-0.15, -0.1) is 0 Å². The van der Waals surface area contributed by atoms with Gasteiger partial charge in [-0.2, -0.15) is 18.3 Å². The summed E-state index contributed by atoms with van der Waals surface area (Å²) in [5.74, 6) is -1.75. The fraction of sp³-hybridized carbons (Fsp3) is 0.412. The molecule has 4 nitrogen and oxygen atoms in total. The number of alkyl halides is 3. The minimum atomic E-state index is -4.20. The molecule has 1 saturated carbocycles. The Bertz CT molecular complexity index is 697. The number of H-pyrrole nitrogens is 1. The third-order valence-corrected chi connectivity index (χ3v) is 4.36. The Hall–Kier alpha value is -2.31. The summed E-state index contributed by atoms with van der Waals surface area (Å²) in [5, 5.41) is 9.43. The summed E-state index contributed by atoms with van der Waals surface area (Å²) in [4.78, 5) is 12.3. The predicted octanol–water partition coefficient (Wildman–Crippen LogP) is 3.93. The number of rotatable bonds is 3. The van der Waals surface area contributed by atoms with E-state index in [2.05, 4.69) is 15.5 Å². The Morgan fingerprint density at radius 3 is 2.67 bits per heavy atom. The molecule has 3 rings (SSSR count). The second kappa shape index (κ2) is 6.67. The number of amides is 1. The SMILES string of the molecule is O=C(N[C@H]1CCC[C@H](C(F)(F)F)C1)c1cc(-c2ccccc2)n[nH]1. The van der Waals surface area contributed by atoms with E-state index in [1.165, 1.54) is 0 Å². The van der Waals surface area contributed by atoms with Crippen LogP contribution in [0.15, 0.2) is 36.4 Å². The van der Waals surface area contributed by atoms with Crippen LogP contribution >= 0.6 is 0 Å². The summed E-state index contributed by atoms with van der Waals surface area (Å²) >= 11 is 0. The molecule has 1 aromatic carbocycles. The Morgan fingerprint density at radius 2 is 1.96 bits per heavy atom. The largest absolute Gasteiger partial charge is 0.391 e. The lowest BCUT2D eigenvalue weighted by atomic mass is 9.85. The molecule has 0 aliphatic heterocycles. The molecule has 0 unspecified atom stereocenters. The highest BCUT2D eigenvalue weighted by Crippen LogP contribution is 2.37. The molecule has 1 heterocycles. The van der Waals surface area contributed by atoms with Crippen molar-refractivity contribution in [3.05, 3.63) is 42.1 Å². The van der Waals surface area contributed by atoms with Crippen molar-refractivity contribution in [1.29, 1.82) is 0 Å². The zero-order chi connectivity index (χ0) is 17.2. The third kappa shape index (κ3) is 3.77. The van der Waals surface area contributed by atoms with Gasteiger partial charge in [0.25, 0.3) is 5.91 Å². The fourth-order valence-electron chi connectivity index (χ4n) is 3.08. The Kier molecular flexibility index (Phi) is 4.59. The number of halogens is 3. The Balaban J connectivity index is 1.64. The Morgan fingerprint density at radius 1 is 1.21 bits per heavy atom. The van der Waals surface area contributed by atoms with E-state index in [0.29, 0.717) is 18.5 Å². The summed E-state index contributed by atoms with van der Waals surface area (Å²) in [5.41, 5.74) is 1.74. The number of nitrogens with zero attached hydrogens (tertiary/aromatic N) is 1. The monoisotopic (exact) mass is 337 g/mol. The van der Waals surface area contributed by atoms with Crippen LogP contribution in [-0.4, -0.2) is 28.3 Å². The summed E-state index contributed by atoms with van der Waals surface area (Å²) in [6, 6.07) is 10.5. The lowest BCUT2D eigenvalue weighted by Gasteiger charge is -2.30. The van der Waals surface area contributed by atoms with Crippen molar-refractivity contribution in [2.24, 2.45) is 5.92 Å². The lowest BCUT2D eigenvalue weighted by Crippen LogP contribution is -2.41. The second-order valence-electron chi connectivity index (χ2n) is 6.11. The van der Waals surface area contributed by atoms with Gasteiger partial charge in [-0.25, -0.2) is 0 Å². The van der Waals surface area contributed by atoms with Crippen LogP contribution in [0.2, 0.25) is 0 Å². The van der Waals surface area contributed by atoms with Crippen molar-refractivity contribution in [3.8, 4) is 11.3 Å². The highest BCUT2D eigenvalue weighted by molar-refractivity contribution is 5.93. The molecule has 1 fully saturated rings. The molecule has 2 N–H and O–H groups in total. The molecule has 0 bridgehead atoms. The molecule has 0 radical (unpaired) electrons. The van der Waals surface area contributed by atoms with E-state index < -0.39 is 24.0 Å². The smallest absolute Gasteiger partial charge is 0.348 e. The van der Waals surface area contributed by atoms with E-state index in [1.807, 2.05) is 30.3 Å². The van der Waals surface area contributed by atoms with Crippen molar-refractivity contribution in [1.82, 2.24) is 15.5 Å². The average molecular weight is 337 g/mol. The Labute approximate surface area is 137 Å². The standard InChI is InChI=1S/C17H18F3N3O/c18-17(19,20)12-7-4-8-13(9-12)21-16(24)15-10-14(22-23-15)11-5-2-1-3-6-11/h1-3,5-6,10,12-13H,4,7-9H2,(H,21,24)(H,22,23)/t12-,13-/m0/s1. The molecule has 0 saturated heterocycles. The summed E-state index contributed by atoms with van der Waals surface area (Å²) in [6.07, 6.45) is -3.09. The van der Waals surface area contributed by atoms with E-state index in [9.17, 15) is 18.0 Å². The van der Waals surface area contributed by atoms with E-state index in [4.69, 9.17) is 0 Å². The molecule has 2 aromatic rings. The van der Waals surface area contributed by atoms with Crippen molar-refractivity contribution in [2.75, 3.05) is 0 Å². The quantitative estimate of drug-likeness (QED) is 0.892. The normalized spacial score (nSPS) is 21.5. The molecule has 1 amide bonds. The van der Waals surface area contributed by atoms with Crippen LogP contribution in [0.4, 0.5) is 13.2 Å². The van der Waals surface area contributed by atoms with E-state index in [-0.39, 0.29) is 18.5 Å². The summed E-state index contributed by atoms with van der Waals surface area (Å²) in [6.45, 7) is 0. The van der Waals surface area contributed by atoms with E-state index in [1.54, 1.807) is 6.07 Å². The van der Waals surface area contributed by atoms with Gasteiger partial charge < -0.3 is 5.32 Å². The summed E-state index contributed by atoms with van der Waals surface area (Å²) in [7, 11) is 0. The van der Waals surface area contributed by atoms with Crippen molar-refractivity contribution in [3.63, 3.8) is 0 Å². The molecular weight excluding hydrogens is 319 g/mol. The van der Waals surface area contributed by atoms with Gasteiger partial charge in [-0.1, -0.05) is 36.8 Å². The average Bonchev–Trinajstić information content (AvgIpc) is 3.05. The van der Waals surface area contributed by atoms with Gasteiger partial charge in [0.05, 0.1) is 11.6 Å². The third-order valence-electron chi connectivity index (χ3n) is 4.36. The molecule has 7 heteroatoms. The molecule has 24 heavy (non-hydrogen) atoms. The highest BCUT2D eigenvalue weighted by atomic mass is 19.4. The minimum absolute atomic E-state index is 0.0606. The van der Waals surface area contributed by atoms with E-state index >= 15 is 0 Å². The number of carbonyl (C=O) groups is 1. The van der Waals surface area contributed by atoms with Gasteiger partial charge >= 0.3 is 6.18 Å². The fourth-order valence-corrected chi connectivity index (χ4v) is 3.08. The first kappa shape index (κ1) is 16.5. The number of aromatic amines is 1. The lowest BCUT2D eigenvalue weighted by molar-refractivity contribution is -0.183. The first-order valence-corrected chi connectivity index (χ1v) is 7.92. The van der Waals surface area contributed by atoms with Crippen molar-refractivity contribution >= 4 is 5.91 Å². The van der Waals surface area contributed by atoms with Crippen LogP contribution in [0.5, 0.6) is 0 Å². The van der Waals surface area contributed by atoms with Gasteiger partial charge in [-0.05, 0) is 25.3 Å². The number of hydrogen-bond donors (Lipinski definition) is 2. The number of aromatic nitrogens is 2. The number of nitrogens with one attached hydrogen (secondary N) is 2. The summed E-state index contributed by atoms with van der Waals surface area (Å²) < 4.78 is 38.5. The maximum Gasteiger partial charge on any atom is 0.391 e. The second-order valence-corrected chi connectivity index (χ2v) is 6.11. The first-order chi connectivity index (χ1) is 11.4. The number of hydrogen-bond acceptors (Lipinski definition) is 2. The van der Waals surface area contributed by atoms with Gasteiger partial charge in [0.1, 0.15) is 5.69 Å². The van der Waals surface area contributed by atoms with Crippen molar-refractivity contribution < 1.29 is 18.0 Å². The molecule has 1 aliphatic carbocycles. The van der Waals surface area contributed by atoms with Crippen molar-refractivity contribution in [2.45, 2.75) is 37.9 Å². The van der Waals surface area contributed by atoms with Crippen LogP contribution < -0.4 is 5.32 Å². The maximum atomic E-state index is 12.8. The topological polar surface area (TPSA) is 57.8 Å². The predicted molar refractivity (Wildman–Crippen MR) is 83.3 cm³/mol. The zero-order valence-corrected chi connectivity index (χ0v) is 12.9. The minimum Gasteiger partial charge on any atom is -0.348 e. The molecule has 1 aromatic heterocycles. The number of carbonyl (C=O) groups excluding carboxylic acids is 1. The molecule has 128 valence electrons. The van der Waals surface area contributed by atoms with Crippen LogP contribution in [0.1, 0.15) is 36.2 Å². The van der Waals surface area contributed by atoms with Gasteiger partial charge in [0.15, 0.2) is 0 Å². The first-order valence-electron chi connectivity index (χ1n) is 7.92. The molecule has 1 aliphatic rings. The number of benzene rings is 1. The molecule has 2 atom stereocenters. The zero-order valence-electron chi connectivity index (χ0n) is 12.9. The maximum absolute atomic E-state index is 12.8. The molecular formula is C17H18F3N3O. The molecule has 0 spiro atoms. The van der Waals surface area contributed by atoms with Gasteiger partial charge in [0, 0.05) is 11.6 Å². The highest BCUT2D eigenvalue weighted by Gasteiger charge is 2.42. The van der Waals surface area contributed by atoms with Crippen LogP contribution in [0, 0.1) is 5.92 Å². The van der Waals surface area contributed by atoms with E-state index in [0.717, 1.165) is 5.56 Å². The van der Waals surface area contributed by atoms with Gasteiger partial charge in [-0.3, -0.25) is 9.89 Å². The van der Waals surface area contributed by atoms with Crippen LogP contribution in [-0.2, 0) is 0 Å². The van der Waals surface area contributed by atoms with Crippen LogP contribution in [0.3, 0.4) is 0 Å². The van der Waals surface area contributed by atoms with Gasteiger partial charge in [0.2, 0.25) is 0 Å².